The predicted molar refractivity (Wildman–Crippen MR) is 212 cm³/mol. The fourth-order valence-corrected chi connectivity index (χ4v) is 7.99. The molecule has 7 nitrogen and oxygen atoms in total. The first-order valence-electron chi connectivity index (χ1n) is 16.9. The van der Waals surface area contributed by atoms with Crippen LogP contribution >= 0.6 is 11.3 Å². The van der Waals surface area contributed by atoms with Gasteiger partial charge in [0.2, 0.25) is 0 Å². The summed E-state index contributed by atoms with van der Waals surface area (Å²) in [5.41, 5.74) is 9.65. The van der Waals surface area contributed by atoms with Crippen LogP contribution in [0, 0.1) is 0 Å². The van der Waals surface area contributed by atoms with Crippen LogP contribution in [-0.4, -0.2) is 30.4 Å². The lowest BCUT2D eigenvalue weighted by Gasteiger charge is -2.26. The molecule has 0 aliphatic heterocycles. The number of benzene rings is 6. The lowest BCUT2D eigenvalue weighted by Crippen LogP contribution is -2.09. The average molecular weight is 686 g/mol. The highest BCUT2D eigenvalue weighted by Crippen LogP contribution is 2.40. The summed E-state index contributed by atoms with van der Waals surface area (Å²) >= 11 is 1.70. The number of anilines is 3. The Morgan fingerprint density at radius 1 is 0.423 bits per heavy atom. The molecule has 244 valence electrons. The highest BCUT2D eigenvalue weighted by molar-refractivity contribution is 7.25. The SMILES string of the molecule is c1ccc2c(c1)sc1ncnc(-c3ccc(N(c4ccc(-c5ccc6cnncc6c5)cc4)c4ccc(-c5ccc6cnncc6c5)cc4)cc3)c12. The Hall–Kier alpha value is -6.90. The minimum Gasteiger partial charge on any atom is -0.311 e. The van der Waals surface area contributed by atoms with Gasteiger partial charge in [-0.3, -0.25) is 0 Å². The molecule has 0 saturated carbocycles. The lowest BCUT2D eigenvalue weighted by atomic mass is 10.0. The maximum Gasteiger partial charge on any atom is 0.128 e. The highest BCUT2D eigenvalue weighted by atomic mass is 32.1. The van der Waals surface area contributed by atoms with Crippen LogP contribution in [0.3, 0.4) is 0 Å². The molecule has 0 atom stereocenters. The number of hydrogen-bond donors (Lipinski definition) is 0. The molecule has 0 amide bonds. The Labute approximate surface area is 302 Å². The van der Waals surface area contributed by atoms with Crippen LogP contribution in [0.1, 0.15) is 0 Å². The van der Waals surface area contributed by atoms with Gasteiger partial charge < -0.3 is 4.90 Å². The van der Waals surface area contributed by atoms with Crippen molar-refractivity contribution in [1.82, 2.24) is 30.4 Å². The first-order chi connectivity index (χ1) is 25.7. The van der Waals surface area contributed by atoms with Crippen molar-refractivity contribution in [3.63, 3.8) is 0 Å². The van der Waals surface area contributed by atoms with Crippen LogP contribution in [0.15, 0.2) is 165 Å². The third-order valence-corrected chi connectivity index (χ3v) is 10.7. The quantitative estimate of drug-likeness (QED) is 0.172. The van der Waals surface area contributed by atoms with Gasteiger partial charge in [-0.15, -0.1) is 11.3 Å². The number of rotatable bonds is 6. The van der Waals surface area contributed by atoms with Gasteiger partial charge in [-0.25, -0.2) is 9.97 Å². The minimum atomic E-state index is 0.942. The second-order valence-electron chi connectivity index (χ2n) is 12.6. The van der Waals surface area contributed by atoms with E-state index in [0.717, 1.165) is 82.3 Å². The maximum atomic E-state index is 4.77. The summed E-state index contributed by atoms with van der Waals surface area (Å²) < 4.78 is 1.21. The number of fused-ring (bicyclic) bond motifs is 5. The molecular weight excluding hydrogens is 659 g/mol. The monoisotopic (exact) mass is 685 g/mol. The maximum absolute atomic E-state index is 4.77. The molecule has 10 rings (SSSR count). The number of nitrogens with zero attached hydrogens (tertiary/aromatic N) is 7. The molecule has 0 radical (unpaired) electrons. The summed E-state index contributed by atoms with van der Waals surface area (Å²) in [7, 11) is 0. The second kappa shape index (κ2) is 12.5. The van der Waals surface area contributed by atoms with Crippen LogP contribution in [0.5, 0.6) is 0 Å². The van der Waals surface area contributed by atoms with E-state index in [1.165, 1.54) is 10.1 Å². The summed E-state index contributed by atoms with van der Waals surface area (Å²) in [5.74, 6) is 0. The van der Waals surface area contributed by atoms with Crippen LogP contribution < -0.4 is 4.90 Å². The number of hydrogen-bond acceptors (Lipinski definition) is 8. The van der Waals surface area contributed by atoms with Gasteiger partial charge in [-0.05, 0) is 76.9 Å². The van der Waals surface area contributed by atoms with Crippen molar-refractivity contribution in [2.75, 3.05) is 4.90 Å². The van der Waals surface area contributed by atoms with Crippen molar-refractivity contribution >= 4 is 70.2 Å². The molecule has 0 N–H and O–H groups in total. The zero-order valence-corrected chi connectivity index (χ0v) is 28.4. The van der Waals surface area contributed by atoms with Gasteiger partial charge in [0.05, 0.1) is 30.5 Å². The summed E-state index contributed by atoms with van der Waals surface area (Å²) in [6.07, 6.45) is 8.87. The van der Waals surface area contributed by atoms with Crippen molar-refractivity contribution in [1.29, 1.82) is 0 Å². The molecule has 10 aromatic rings. The van der Waals surface area contributed by atoms with Crippen LogP contribution in [-0.2, 0) is 0 Å². The van der Waals surface area contributed by atoms with Gasteiger partial charge in [0.25, 0.3) is 0 Å². The normalized spacial score (nSPS) is 11.5. The van der Waals surface area contributed by atoms with Crippen molar-refractivity contribution in [3.05, 3.63) is 165 Å². The van der Waals surface area contributed by atoms with Gasteiger partial charge in [-0.2, -0.15) is 20.4 Å². The largest absolute Gasteiger partial charge is 0.311 e. The Balaban J connectivity index is 1.04. The number of aromatic nitrogens is 6. The third kappa shape index (κ3) is 5.30. The molecule has 4 heterocycles. The molecule has 52 heavy (non-hydrogen) atoms. The highest BCUT2D eigenvalue weighted by Gasteiger charge is 2.17. The van der Waals surface area contributed by atoms with Crippen LogP contribution in [0.25, 0.3) is 75.4 Å². The van der Waals surface area contributed by atoms with Gasteiger partial charge >= 0.3 is 0 Å². The van der Waals surface area contributed by atoms with Crippen LogP contribution in [0.4, 0.5) is 17.1 Å². The van der Waals surface area contributed by atoms with Crippen molar-refractivity contribution in [3.8, 4) is 33.5 Å². The van der Waals surface area contributed by atoms with Crippen LogP contribution in [0.2, 0.25) is 0 Å². The second-order valence-corrected chi connectivity index (χ2v) is 13.7. The first-order valence-corrected chi connectivity index (χ1v) is 17.7. The van der Waals surface area contributed by atoms with E-state index >= 15 is 0 Å². The van der Waals surface area contributed by atoms with E-state index in [9.17, 15) is 0 Å². The molecule has 0 spiro atoms. The zero-order chi connectivity index (χ0) is 34.4. The fraction of sp³-hybridized carbons (Fsp3) is 0. The van der Waals surface area contributed by atoms with Gasteiger partial charge in [0.1, 0.15) is 11.2 Å². The summed E-state index contributed by atoms with van der Waals surface area (Å²) in [6.45, 7) is 0. The Kier molecular flexibility index (Phi) is 7.18. The predicted octanol–water partition coefficient (Wildman–Crippen LogP) is 11.2. The van der Waals surface area contributed by atoms with Gasteiger partial charge in [-0.1, -0.05) is 78.9 Å². The van der Waals surface area contributed by atoms with Gasteiger partial charge in [0.15, 0.2) is 0 Å². The molecule has 6 aromatic carbocycles. The van der Waals surface area contributed by atoms with E-state index in [4.69, 9.17) is 4.98 Å². The standard InChI is InChI=1S/C44H27N7S/c1-2-4-41-40(3-1)42-43(45-27-46-44(42)52-41)30-13-19-39(20-14-30)51(37-15-9-28(10-16-37)31-5-7-33-23-47-49-25-35(33)21-31)38-17-11-29(12-18-38)32-6-8-34-24-48-50-26-36(34)22-32/h1-27H. The first kappa shape index (κ1) is 30.0. The van der Waals surface area contributed by atoms with E-state index < -0.39 is 0 Å². The van der Waals surface area contributed by atoms with Crippen molar-refractivity contribution < 1.29 is 0 Å². The zero-order valence-electron chi connectivity index (χ0n) is 27.6. The summed E-state index contributed by atoms with van der Waals surface area (Å²) in [5, 5.41) is 22.7. The Morgan fingerprint density at radius 3 is 1.46 bits per heavy atom. The molecule has 0 aliphatic rings. The summed E-state index contributed by atoms with van der Waals surface area (Å²) in [6, 6.07) is 47.3. The van der Waals surface area contributed by atoms with E-state index in [1.807, 2.05) is 12.4 Å². The Morgan fingerprint density at radius 2 is 0.904 bits per heavy atom. The van der Waals surface area contributed by atoms with E-state index in [-0.39, 0.29) is 0 Å². The summed E-state index contributed by atoms with van der Waals surface area (Å²) in [4.78, 5) is 12.7. The smallest absolute Gasteiger partial charge is 0.128 e. The molecule has 0 unspecified atom stereocenters. The van der Waals surface area contributed by atoms with Crippen molar-refractivity contribution in [2.24, 2.45) is 0 Å². The Bertz CT molecular complexity index is 2780. The fourth-order valence-electron chi connectivity index (χ4n) is 6.95. The van der Waals surface area contributed by atoms with E-state index in [2.05, 4.69) is 164 Å². The van der Waals surface area contributed by atoms with Crippen molar-refractivity contribution in [2.45, 2.75) is 0 Å². The number of thiophene rings is 1. The van der Waals surface area contributed by atoms with Gasteiger partial charge in [0, 0.05) is 59.6 Å². The molecule has 0 bridgehead atoms. The molecule has 8 heteroatoms. The molecular formula is C44H27N7S. The molecule has 4 aromatic heterocycles. The lowest BCUT2D eigenvalue weighted by molar-refractivity contribution is 1.05. The average Bonchev–Trinajstić information content (AvgIpc) is 3.61. The third-order valence-electron chi connectivity index (χ3n) is 9.59. The molecule has 0 fully saturated rings. The molecule has 0 saturated heterocycles. The minimum absolute atomic E-state index is 0.942. The van der Waals surface area contributed by atoms with E-state index in [1.54, 1.807) is 30.1 Å². The van der Waals surface area contributed by atoms with E-state index in [0.29, 0.717) is 0 Å². The molecule has 0 aliphatic carbocycles. The topological polar surface area (TPSA) is 80.6 Å².